The second-order valence-electron chi connectivity index (χ2n) is 9.03. The predicted molar refractivity (Wildman–Crippen MR) is 143 cm³/mol. The van der Waals surface area contributed by atoms with Crippen LogP contribution < -0.4 is 19.1 Å². The van der Waals surface area contributed by atoms with Crippen LogP contribution >= 0.6 is 11.6 Å². The monoisotopic (exact) mass is 541 g/mol. The maximum absolute atomic E-state index is 12.9. The van der Waals surface area contributed by atoms with Crippen molar-refractivity contribution in [1.82, 2.24) is 19.3 Å². The van der Waals surface area contributed by atoms with Crippen LogP contribution in [0.3, 0.4) is 0 Å². The number of anilines is 1. The fourth-order valence-electron chi connectivity index (χ4n) is 4.75. The fraction of sp³-hybridized carbons (Fsp3) is 0.308. The lowest BCUT2D eigenvalue weighted by Crippen LogP contribution is -2.37. The first-order chi connectivity index (χ1) is 17.7. The molecule has 37 heavy (non-hydrogen) atoms. The van der Waals surface area contributed by atoms with Crippen molar-refractivity contribution < 1.29 is 17.9 Å². The van der Waals surface area contributed by atoms with Gasteiger partial charge in [0.2, 0.25) is 10.0 Å². The van der Waals surface area contributed by atoms with Crippen LogP contribution in [0.1, 0.15) is 17.8 Å². The van der Waals surface area contributed by atoms with E-state index in [9.17, 15) is 8.42 Å². The van der Waals surface area contributed by atoms with Crippen LogP contribution in [0, 0.1) is 13.8 Å². The minimum atomic E-state index is -3.66. The molecule has 5 rings (SSSR count). The van der Waals surface area contributed by atoms with E-state index in [2.05, 4.69) is 9.62 Å². The number of methoxy groups -OCH3 is 2. The Morgan fingerprint density at radius 1 is 1.03 bits per heavy atom. The zero-order chi connectivity index (χ0) is 26.3. The lowest BCUT2D eigenvalue weighted by Gasteiger charge is -2.20. The van der Waals surface area contributed by atoms with Gasteiger partial charge in [0.25, 0.3) is 0 Å². The second-order valence-corrected chi connectivity index (χ2v) is 11.2. The molecule has 0 spiro atoms. The molecule has 1 fully saturated rings. The van der Waals surface area contributed by atoms with Gasteiger partial charge in [-0.2, -0.15) is 5.10 Å². The van der Waals surface area contributed by atoms with Gasteiger partial charge in [-0.05, 0) is 68.8 Å². The highest BCUT2D eigenvalue weighted by Gasteiger charge is 2.30. The fourth-order valence-corrected chi connectivity index (χ4v) is 6.14. The second kappa shape index (κ2) is 9.85. The van der Waals surface area contributed by atoms with Gasteiger partial charge in [-0.1, -0.05) is 11.6 Å². The predicted octanol–water partition coefficient (Wildman–Crippen LogP) is 4.24. The average molecular weight is 542 g/mol. The molecule has 0 aliphatic carbocycles. The molecule has 11 heteroatoms. The zero-order valence-corrected chi connectivity index (χ0v) is 22.6. The number of aryl methyl sites for hydroxylation is 2. The Hall–Kier alpha value is -3.34. The first-order valence-electron chi connectivity index (χ1n) is 11.8. The van der Waals surface area contributed by atoms with Gasteiger partial charge >= 0.3 is 0 Å². The van der Waals surface area contributed by atoms with Crippen molar-refractivity contribution in [3.8, 4) is 22.8 Å². The van der Waals surface area contributed by atoms with E-state index in [1.54, 1.807) is 26.4 Å². The molecule has 0 amide bonds. The molecule has 1 aliphatic rings. The molecule has 0 saturated carbocycles. The lowest BCUT2D eigenvalue weighted by molar-refractivity contribution is 0.355. The lowest BCUT2D eigenvalue weighted by atomic mass is 10.1. The minimum absolute atomic E-state index is 0.195. The van der Waals surface area contributed by atoms with Gasteiger partial charge in [-0.3, -0.25) is 0 Å². The highest BCUT2D eigenvalue weighted by molar-refractivity contribution is 7.89. The van der Waals surface area contributed by atoms with Crippen molar-refractivity contribution in [2.24, 2.45) is 0 Å². The SMILES string of the molecule is COc1ccc(-c2c(C)nc3c(N4CCC(NS(=O)(=O)c5ccc(Cl)cc5)C4)cc(C)nn23)cc1OC. The van der Waals surface area contributed by atoms with Crippen molar-refractivity contribution in [2.75, 3.05) is 32.2 Å². The summed E-state index contributed by atoms with van der Waals surface area (Å²) < 4.78 is 41.4. The molecule has 1 unspecified atom stereocenters. The third kappa shape index (κ3) is 4.84. The number of halogens is 1. The van der Waals surface area contributed by atoms with E-state index in [-0.39, 0.29) is 10.9 Å². The van der Waals surface area contributed by atoms with Crippen molar-refractivity contribution in [1.29, 1.82) is 0 Å². The quantitative estimate of drug-likeness (QED) is 0.373. The molecule has 9 nitrogen and oxygen atoms in total. The minimum Gasteiger partial charge on any atom is -0.493 e. The summed E-state index contributed by atoms with van der Waals surface area (Å²) in [6.07, 6.45) is 0.669. The van der Waals surface area contributed by atoms with Gasteiger partial charge in [-0.15, -0.1) is 0 Å². The number of hydrogen-bond acceptors (Lipinski definition) is 7. The maximum atomic E-state index is 12.9. The van der Waals surface area contributed by atoms with Crippen LogP contribution in [0.5, 0.6) is 11.5 Å². The zero-order valence-electron chi connectivity index (χ0n) is 21.0. The van der Waals surface area contributed by atoms with E-state index >= 15 is 0 Å². The molecule has 194 valence electrons. The maximum Gasteiger partial charge on any atom is 0.240 e. The van der Waals surface area contributed by atoms with E-state index < -0.39 is 10.0 Å². The third-order valence-electron chi connectivity index (χ3n) is 6.49. The van der Waals surface area contributed by atoms with Crippen LogP contribution in [-0.4, -0.2) is 56.4 Å². The molecule has 2 aromatic heterocycles. The molecule has 3 heterocycles. The van der Waals surface area contributed by atoms with Gasteiger partial charge in [-0.25, -0.2) is 22.6 Å². The topological polar surface area (TPSA) is 98.1 Å². The third-order valence-corrected chi connectivity index (χ3v) is 8.28. The standard InChI is InChI=1S/C26H28ClN5O4S/c1-16-13-22(31-12-11-20(15-31)30-37(33,34)21-8-6-19(27)7-9-21)26-28-17(2)25(32(26)29-16)18-5-10-23(35-3)24(14-18)36-4/h5-10,13-14,20,30H,11-12,15H2,1-4H3. The van der Waals surface area contributed by atoms with Crippen LogP contribution in [0.25, 0.3) is 16.9 Å². The molecule has 2 aromatic carbocycles. The summed E-state index contributed by atoms with van der Waals surface area (Å²) in [6, 6.07) is 13.7. The highest BCUT2D eigenvalue weighted by atomic mass is 35.5. The summed E-state index contributed by atoms with van der Waals surface area (Å²) in [6.45, 7) is 5.09. The number of ether oxygens (including phenoxy) is 2. The van der Waals surface area contributed by atoms with E-state index in [0.717, 1.165) is 28.3 Å². The molecule has 1 aliphatic heterocycles. The molecule has 4 aromatic rings. The Morgan fingerprint density at radius 2 is 1.76 bits per heavy atom. The average Bonchev–Trinajstić information content (AvgIpc) is 3.46. The molecule has 1 N–H and O–H groups in total. The van der Waals surface area contributed by atoms with Crippen LogP contribution in [0.4, 0.5) is 5.69 Å². The number of fused-ring (bicyclic) bond motifs is 1. The first-order valence-corrected chi connectivity index (χ1v) is 13.7. The van der Waals surface area contributed by atoms with Crippen molar-refractivity contribution >= 4 is 33.0 Å². The van der Waals surface area contributed by atoms with Gasteiger partial charge < -0.3 is 14.4 Å². The Morgan fingerprint density at radius 3 is 2.46 bits per heavy atom. The number of nitrogens with zero attached hydrogens (tertiary/aromatic N) is 4. The Labute approximate surface area is 221 Å². The Bertz CT molecular complexity index is 1570. The van der Waals surface area contributed by atoms with Crippen molar-refractivity contribution in [2.45, 2.75) is 31.2 Å². The molecule has 0 radical (unpaired) electrons. The van der Waals surface area contributed by atoms with Crippen molar-refractivity contribution in [3.63, 3.8) is 0 Å². The summed E-state index contributed by atoms with van der Waals surface area (Å²) in [5.74, 6) is 1.27. The Kier molecular flexibility index (Phi) is 6.74. The highest BCUT2D eigenvalue weighted by Crippen LogP contribution is 2.36. The van der Waals surface area contributed by atoms with Gasteiger partial charge in [0.15, 0.2) is 17.1 Å². The summed E-state index contributed by atoms with van der Waals surface area (Å²) in [5.41, 5.74) is 5.05. The van der Waals surface area contributed by atoms with Gasteiger partial charge in [0, 0.05) is 29.7 Å². The molecule has 0 bridgehead atoms. The van der Waals surface area contributed by atoms with Crippen LogP contribution in [0.15, 0.2) is 53.4 Å². The largest absolute Gasteiger partial charge is 0.493 e. The molecular weight excluding hydrogens is 514 g/mol. The molecule has 1 atom stereocenters. The van der Waals surface area contributed by atoms with Crippen molar-refractivity contribution in [3.05, 3.63) is 64.9 Å². The summed E-state index contributed by atoms with van der Waals surface area (Å²) in [4.78, 5) is 7.22. The summed E-state index contributed by atoms with van der Waals surface area (Å²) in [7, 11) is -0.449. The summed E-state index contributed by atoms with van der Waals surface area (Å²) in [5, 5.41) is 5.25. The molecular formula is C26H28ClN5O4S. The number of nitrogens with one attached hydrogen (secondary N) is 1. The number of sulfonamides is 1. The first kappa shape index (κ1) is 25.3. The number of rotatable bonds is 7. The number of benzene rings is 2. The Balaban J connectivity index is 1.46. The summed E-state index contributed by atoms with van der Waals surface area (Å²) >= 11 is 5.91. The number of imidazole rings is 1. The number of aromatic nitrogens is 3. The number of hydrogen-bond donors (Lipinski definition) is 1. The smallest absolute Gasteiger partial charge is 0.240 e. The van der Waals surface area contributed by atoms with Gasteiger partial charge in [0.1, 0.15) is 0 Å². The van der Waals surface area contributed by atoms with Gasteiger partial charge in [0.05, 0.1) is 41.9 Å². The van der Waals surface area contributed by atoms with Crippen LogP contribution in [-0.2, 0) is 10.0 Å². The normalized spacial score (nSPS) is 15.9. The van der Waals surface area contributed by atoms with E-state index in [1.807, 2.05) is 42.6 Å². The molecule has 1 saturated heterocycles. The van der Waals surface area contributed by atoms with E-state index in [4.69, 9.17) is 31.2 Å². The van der Waals surface area contributed by atoms with E-state index in [0.29, 0.717) is 41.7 Å². The van der Waals surface area contributed by atoms with Crippen LogP contribution in [0.2, 0.25) is 5.02 Å². The van der Waals surface area contributed by atoms with E-state index in [1.165, 1.54) is 12.1 Å².